The van der Waals surface area contributed by atoms with E-state index in [9.17, 15) is 14.4 Å². The molecule has 3 rings (SSSR count). The van der Waals surface area contributed by atoms with E-state index in [0.717, 1.165) is 0 Å². The van der Waals surface area contributed by atoms with E-state index in [2.05, 4.69) is 0 Å². The van der Waals surface area contributed by atoms with Gasteiger partial charge in [-0.15, -0.1) is 0 Å². The van der Waals surface area contributed by atoms with Crippen molar-refractivity contribution in [3.8, 4) is 0 Å². The molecule has 0 heterocycles. The molecule has 0 N–H and O–H groups in total. The number of hydrogen-bond donors (Lipinski definition) is 0. The monoisotopic (exact) mass is 545 g/mol. The van der Waals surface area contributed by atoms with E-state index in [4.69, 9.17) is 34.8 Å². The molecule has 0 spiro atoms. The first-order valence-electron chi connectivity index (χ1n) is 20.0. The van der Waals surface area contributed by atoms with E-state index in [1.165, 1.54) is 0 Å². The van der Waals surface area contributed by atoms with E-state index in [0.29, 0.717) is 0 Å². The maximum Gasteiger partial charge on any atom is 0.306 e. The highest BCUT2D eigenvalue weighted by Crippen LogP contribution is 2.10. The highest BCUT2D eigenvalue weighted by molar-refractivity contribution is 5.71. The van der Waals surface area contributed by atoms with Crippen molar-refractivity contribution in [3.63, 3.8) is 0 Å². The van der Waals surface area contributed by atoms with Gasteiger partial charge in [-0.05, 0) is 55.2 Å². The summed E-state index contributed by atoms with van der Waals surface area (Å²) in [5.41, 5.74) is 0.0748. The molecule has 3 aromatic carbocycles. The molecule has 0 saturated carbocycles. The summed E-state index contributed by atoms with van der Waals surface area (Å²) in [7, 11) is 0. The number of rotatable bonds is 17. The van der Waals surface area contributed by atoms with Gasteiger partial charge >= 0.3 is 17.9 Å². The third kappa shape index (κ3) is 12.9. The molecule has 206 valence electrons. The van der Waals surface area contributed by atoms with Crippen molar-refractivity contribution in [2.75, 3.05) is 13.2 Å². The Morgan fingerprint density at radius 2 is 0.872 bits per heavy atom. The second-order valence-electron chi connectivity index (χ2n) is 8.35. The molecule has 0 fully saturated rings. The van der Waals surface area contributed by atoms with E-state index < -0.39 is 104 Å². The average Bonchev–Trinajstić information content (AvgIpc) is 3.14. The van der Waals surface area contributed by atoms with Gasteiger partial charge in [0.05, 0.1) is 20.6 Å². The molecule has 0 aliphatic rings. The Morgan fingerprint density at radius 1 is 0.538 bits per heavy atom. The second-order valence-corrected chi connectivity index (χ2v) is 8.35. The SMILES string of the molecule is [2H]c1c([2H])c([2H])c(CCCC(=O)OCC(COC(=O)CCCc2c([2H])c([2H])c([2H])c([2H])c2[2H])OC(=O)CCCc2c([2H])c([2H])c([2H])c([2H])c2[2H])c([2H])c1[2H]. The molecule has 6 heteroatoms. The van der Waals surface area contributed by atoms with Gasteiger partial charge in [0.2, 0.25) is 0 Å². The van der Waals surface area contributed by atoms with Crippen LogP contribution in [0, 0.1) is 0 Å². The topological polar surface area (TPSA) is 78.9 Å². The van der Waals surface area contributed by atoms with E-state index in [-0.39, 0.29) is 98.6 Å². The van der Waals surface area contributed by atoms with Crippen molar-refractivity contribution in [2.45, 2.75) is 63.9 Å². The first-order valence-corrected chi connectivity index (χ1v) is 12.5. The highest BCUT2D eigenvalue weighted by atomic mass is 16.6. The normalized spacial score (nSPS) is 16.1. The first kappa shape index (κ1) is 15.0. The summed E-state index contributed by atoms with van der Waals surface area (Å²) >= 11 is 0. The minimum Gasteiger partial charge on any atom is -0.462 e. The van der Waals surface area contributed by atoms with Crippen LogP contribution in [-0.2, 0) is 47.9 Å². The maximum absolute atomic E-state index is 12.8. The zero-order valence-electron chi connectivity index (χ0n) is 36.3. The van der Waals surface area contributed by atoms with Gasteiger partial charge < -0.3 is 14.2 Å². The molecule has 0 radical (unpaired) electrons. The minimum absolute atomic E-state index is 0.0143. The van der Waals surface area contributed by atoms with Crippen LogP contribution in [0.2, 0.25) is 0 Å². The van der Waals surface area contributed by atoms with Gasteiger partial charge in [0, 0.05) is 19.3 Å². The molecule has 6 nitrogen and oxygen atoms in total. The standard InChI is InChI=1S/C33H38O6/c34-31(22-10-19-27-13-4-1-5-14-27)37-25-30(39-33(36)24-12-21-29-17-8-3-9-18-29)26-38-32(35)23-11-20-28-15-6-2-7-16-28/h1-9,13-18,30H,10-12,19-26H2/i1D,2D,3D,4D,5D,6D,7D,8D,9D,13D,14D,15D,16D,17D,18D. The van der Waals surface area contributed by atoms with Crippen LogP contribution >= 0.6 is 0 Å². The van der Waals surface area contributed by atoms with E-state index in [1.807, 2.05) is 0 Å². The molecular formula is C33H38O6. The van der Waals surface area contributed by atoms with Crippen molar-refractivity contribution in [2.24, 2.45) is 0 Å². The lowest BCUT2D eigenvalue weighted by Gasteiger charge is -2.18. The molecule has 0 saturated heterocycles. The fourth-order valence-electron chi connectivity index (χ4n) is 3.31. The molecular weight excluding hydrogens is 492 g/mol. The summed E-state index contributed by atoms with van der Waals surface area (Å²) < 4.78 is 134. The first-order chi connectivity index (χ1) is 25.3. The Bertz CT molecular complexity index is 1740. The van der Waals surface area contributed by atoms with Crippen molar-refractivity contribution in [1.82, 2.24) is 0 Å². The summed E-state index contributed by atoms with van der Waals surface area (Å²) in [5, 5.41) is 0. The van der Waals surface area contributed by atoms with Crippen molar-refractivity contribution >= 4 is 17.9 Å². The quantitative estimate of drug-likeness (QED) is 0.152. The molecule has 0 aliphatic carbocycles. The molecule has 0 aromatic heterocycles. The number of carbonyl (C=O) groups excluding carboxylic acids is 3. The summed E-state index contributed by atoms with van der Waals surface area (Å²) in [6.45, 7) is -1.11. The maximum atomic E-state index is 12.8. The Morgan fingerprint density at radius 3 is 1.23 bits per heavy atom. The van der Waals surface area contributed by atoms with Gasteiger partial charge in [-0.3, -0.25) is 14.4 Å². The average molecular weight is 546 g/mol. The Kier molecular flexibility index (Phi) is 6.76. The minimum atomic E-state index is -1.30. The number of ether oxygens (including phenoxy) is 3. The molecule has 0 unspecified atom stereocenters. The van der Waals surface area contributed by atoms with Crippen LogP contribution in [0.1, 0.15) is 75.8 Å². The molecule has 0 amide bonds. The van der Waals surface area contributed by atoms with Crippen molar-refractivity contribution in [3.05, 3.63) is 107 Å². The number of hydrogen-bond acceptors (Lipinski definition) is 6. The van der Waals surface area contributed by atoms with E-state index in [1.54, 1.807) is 0 Å². The Hall–Kier alpha value is -3.93. The Labute approximate surface area is 252 Å². The second kappa shape index (κ2) is 17.6. The molecule has 0 atom stereocenters. The van der Waals surface area contributed by atoms with Crippen LogP contribution in [-0.4, -0.2) is 37.2 Å². The lowest BCUT2D eigenvalue weighted by Crippen LogP contribution is -2.31. The highest BCUT2D eigenvalue weighted by Gasteiger charge is 2.19. The van der Waals surface area contributed by atoms with Gasteiger partial charge in [0.15, 0.2) is 6.10 Å². The molecule has 3 aromatic rings. The summed E-state index contributed by atoms with van der Waals surface area (Å²) in [5.74, 6) is -2.40. The lowest BCUT2D eigenvalue weighted by molar-refractivity contribution is -0.167. The molecule has 0 bridgehead atoms. The van der Waals surface area contributed by atoms with E-state index >= 15 is 0 Å². The van der Waals surface area contributed by atoms with Crippen molar-refractivity contribution in [1.29, 1.82) is 0 Å². The van der Waals surface area contributed by atoms with Crippen LogP contribution < -0.4 is 0 Å². The number of benzene rings is 3. The summed E-state index contributed by atoms with van der Waals surface area (Å²) in [6, 6.07) is -7.03. The van der Waals surface area contributed by atoms with Gasteiger partial charge in [-0.25, -0.2) is 0 Å². The number of carbonyl (C=O) groups is 3. The number of esters is 3. The fraction of sp³-hybridized carbons (Fsp3) is 0.364. The Balaban J connectivity index is 1.61. The van der Waals surface area contributed by atoms with Crippen molar-refractivity contribution < 1.29 is 49.2 Å². The lowest BCUT2D eigenvalue weighted by atomic mass is 10.1. The molecule has 39 heavy (non-hydrogen) atoms. The third-order valence-corrected chi connectivity index (χ3v) is 5.24. The van der Waals surface area contributed by atoms with Crippen LogP contribution in [0.15, 0.2) is 90.6 Å². The van der Waals surface area contributed by atoms with Gasteiger partial charge in [0.1, 0.15) is 13.2 Å². The van der Waals surface area contributed by atoms with Gasteiger partial charge in [-0.2, -0.15) is 0 Å². The summed E-state index contributed by atoms with van der Waals surface area (Å²) in [4.78, 5) is 37.9. The summed E-state index contributed by atoms with van der Waals surface area (Å²) in [6.07, 6.45) is -2.04. The smallest absolute Gasteiger partial charge is 0.306 e. The predicted molar refractivity (Wildman–Crippen MR) is 150 cm³/mol. The zero-order chi connectivity index (χ0) is 40.6. The van der Waals surface area contributed by atoms with Crippen LogP contribution in [0.5, 0.6) is 0 Å². The van der Waals surface area contributed by atoms with Gasteiger partial charge in [-0.1, -0.05) is 90.6 Å². The van der Waals surface area contributed by atoms with Gasteiger partial charge in [0.25, 0.3) is 0 Å². The van der Waals surface area contributed by atoms with Crippen LogP contribution in [0.25, 0.3) is 0 Å². The molecule has 0 aliphatic heterocycles. The van der Waals surface area contributed by atoms with Crippen LogP contribution in [0.4, 0.5) is 0 Å². The fourth-order valence-corrected chi connectivity index (χ4v) is 3.31. The third-order valence-electron chi connectivity index (χ3n) is 5.24. The van der Waals surface area contributed by atoms with Crippen LogP contribution in [0.3, 0.4) is 0 Å². The predicted octanol–water partition coefficient (Wildman–Crippen LogP) is 6.05. The zero-order valence-corrected chi connectivity index (χ0v) is 21.3. The largest absolute Gasteiger partial charge is 0.462 e.